The third-order valence-electron chi connectivity index (χ3n) is 5.57. The molecule has 4 rings (SSSR count). The molecule has 0 N–H and O–H groups in total. The third-order valence-corrected chi connectivity index (χ3v) is 6.88. The highest BCUT2D eigenvalue weighted by Gasteiger charge is 2.29. The molecule has 138 valence electrons. The molecule has 6 heteroatoms. The number of halogens is 1. The Kier molecular flexibility index (Phi) is 5.20. The molecule has 0 bridgehead atoms. The van der Waals surface area contributed by atoms with E-state index in [1.54, 1.807) is 0 Å². The van der Waals surface area contributed by atoms with E-state index in [4.69, 9.17) is 11.6 Å². The molecule has 3 heterocycles. The Morgan fingerprint density at radius 1 is 1.15 bits per heavy atom. The first-order valence-electron chi connectivity index (χ1n) is 9.21. The van der Waals surface area contributed by atoms with Crippen molar-refractivity contribution in [3.63, 3.8) is 0 Å². The maximum absolute atomic E-state index is 12.8. The van der Waals surface area contributed by atoms with Gasteiger partial charge in [0.15, 0.2) is 0 Å². The van der Waals surface area contributed by atoms with Gasteiger partial charge in [0.2, 0.25) is 5.91 Å². The van der Waals surface area contributed by atoms with E-state index in [2.05, 4.69) is 28.2 Å². The number of amides is 1. The number of fused-ring (bicyclic) bond motifs is 1. The average Bonchev–Trinajstić information content (AvgIpc) is 3.14. The van der Waals surface area contributed by atoms with Crippen molar-refractivity contribution in [3.05, 3.63) is 51.2 Å². The quantitative estimate of drug-likeness (QED) is 0.801. The maximum atomic E-state index is 12.8. The van der Waals surface area contributed by atoms with Crippen molar-refractivity contribution in [2.24, 2.45) is 0 Å². The normalized spacial score (nSPS) is 20.9. The first-order chi connectivity index (χ1) is 12.6. The van der Waals surface area contributed by atoms with Crippen molar-refractivity contribution in [2.75, 3.05) is 44.2 Å². The number of hydrogen-bond donors (Lipinski definition) is 0. The fraction of sp³-hybridized carbons (Fsp3) is 0.450. The second-order valence-corrected chi connectivity index (χ2v) is 8.42. The number of rotatable bonds is 3. The van der Waals surface area contributed by atoms with Crippen LogP contribution in [0.1, 0.15) is 23.4 Å². The Hall–Kier alpha value is -1.56. The van der Waals surface area contributed by atoms with Crippen LogP contribution in [0.3, 0.4) is 0 Å². The van der Waals surface area contributed by atoms with Gasteiger partial charge in [-0.25, -0.2) is 0 Å². The number of carbonyl (C=O) groups excluding carboxylic acids is 1. The smallest absolute Gasteiger partial charge is 0.236 e. The minimum Gasteiger partial charge on any atom is -0.367 e. The monoisotopic (exact) mass is 389 g/mol. The first-order valence-corrected chi connectivity index (χ1v) is 10.5. The fourth-order valence-electron chi connectivity index (χ4n) is 3.96. The van der Waals surface area contributed by atoms with Crippen LogP contribution in [-0.4, -0.2) is 55.0 Å². The number of hydrogen-bond acceptors (Lipinski definition) is 4. The lowest BCUT2D eigenvalue weighted by atomic mass is 10.0. The Morgan fingerprint density at radius 3 is 2.69 bits per heavy atom. The van der Waals surface area contributed by atoms with E-state index in [0.717, 1.165) is 49.9 Å². The van der Waals surface area contributed by atoms with Gasteiger partial charge in [-0.05, 0) is 42.5 Å². The van der Waals surface area contributed by atoms with Crippen molar-refractivity contribution < 1.29 is 4.79 Å². The SMILES string of the molecule is C[C@H]1c2ccsc2CCN1CC(=O)N1CCN(c2ccccc2Cl)CC1. The van der Waals surface area contributed by atoms with Crippen molar-refractivity contribution in [1.29, 1.82) is 0 Å². The summed E-state index contributed by atoms with van der Waals surface area (Å²) in [5, 5.41) is 2.95. The summed E-state index contributed by atoms with van der Waals surface area (Å²) in [7, 11) is 0. The van der Waals surface area contributed by atoms with Crippen LogP contribution in [0.25, 0.3) is 0 Å². The van der Waals surface area contributed by atoms with Gasteiger partial charge in [-0.3, -0.25) is 9.69 Å². The van der Waals surface area contributed by atoms with Crippen LogP contribution >= 0.6 is 22.9 Å². The molecule has 1 aromatic heterocycles. The molecular formula is C20H24ClN3OS. The second-order valence-electron chi connectivity index (χ2n) is 7.01. The Labute approximate surface area is 164 Å². The Balaban J connectivity index is 1.34. The van der Waals surface area contributed by atoms with Crippen LogP contribution in [0.5, 0.6) is 0 Å². The van der Waals surface area contributed by atoms with Crippen molar-refractivity contribution >= 4 is 34.5 Å². The van der Waals surface area contributed by atoms with Gasteiger partial charge in [0.1, 0.15) is 0 Å². The van der Waals surface area contributed by atoms with E-state index >= 15 is 0 Å². The topological polar surface area (TPSA) is 26.8 Å². The van der Waals surface area contributed by atoms with Gasteiger partial charge < -0.3 is 9.80 Å². The zero-order chi connectivity index (χ0) is 18.1. The molecule has 1 fully saturated rings. The largest absolute Gasteiger partial charge is 0.367 e. The molecule has 4 nitrogen and oxygen atoms in total. The number of benzene rings is 1. The summed E-state index contributed by atoms with van der Waals surface area (Å²) in [6.07, 6.45) is 1.06. The molecule has 1 aromatic carbocycles. The molecule has 0 aliphatic carbocycles. The van der Waals surface area contributed by atoms with Gasteiger partial charge in [-0.2, -0.15) is 0 Å². The molecular weight excluding hydrogens is 366 g/mol. The van der Waals surface area contributed by atoms with Crippen LogP contribution < -0.4 is 4.90 Å². The van der Waals surface area contributed by atoms with Gasteiger partial charge in [0, 0.05) is 43.6 Å². The first kappa shape index (κ1) is 17.8. The van der Waals surface area contributed by atoms with Crippen LogP contribution in [0.2, 0.25) is 5.02 Å². The van der Waals surface area contributed by atoms with Crippen LogP contribution in [-0.2, 0) is 11.2 Å². The minimum atomic E-state index is 0.245. The van der Waals surface area contributed by atoms with E-state index in [1.807, 2.05) is 40.5 Å². The predicted octanol–water partition coefficient (Wildman–Crippen LogP) is 3.67. The number of piperazine rings is 1. The number of thiophene rings is 1. The molecule has 0 spiro atoms. The summed E-state index contributed by atoms with van der Waals surface area (Å²) < 4.78 is 0. The van der Waals surface area contributed by atoms with Crippen LogP contribution in [0.4, 0.5) is 5.69 Å². The summed E-state index contributed by atoms with van der Waals surface area (Å²) in [6.45, 7) is 6.89. The highest BCUT2D eigenvalue weighted by atomic mass is 35.5. The number of anilines is 1. The zero-order valence-electron chi connectivity index (χ0n) is 15.0. The van der Waals surface area contributed by atoms with Crippen LogP contribution in [0, 0.1) is 0 Å². The fourth-order valence-corrected chi connectivity index (χ4v) is 5.17. The molecule has 2 aliphatic rings. The van der Waals surface area contributed by atoms with E-state index in [0.29, 0.717) is 12.6 Å². The number of para-hydroxylation sites is 1. The molecule has 0 unspecified atom stereocenters. The summed E-state index contributed by atoms with van der Waals surface area (Å²) in [6, 6.07) is 10.5. The summed E-state index contributed by atoms with van der Waals surface area (Å²) in [4.78, 5) is 20.9. The molecule has 2 aromatic rings. The number of nitrogens with zero attached hydrogens (tertiary/aromatic N) is 3. The van der Waals surface area contributed by atoms with Gasteiger partial charge in [-0.15, -0.1) is 11.3 Å². The van der Waals surface area contributed by atoms with Gasteiger partial charge in [0.25, 0.3) is 0 Å². The Bertz CT molecular complexity index is 785. The predicted molar refractivity (Wildman–Crippen MR) is 108 cm³/mol. The molecule has 26 heavy (non-hydrogen) atoms. The number of carbonyl (C=O) groups is 1. The van der Waals surface area contributed by atoms with Gasteiger partial charge >= 0.3 is 0 Å². The van der Waals surface area contributed by atoms with Crippen molar-refractivity contribution in [3.8, 4) is 0 Å². The Morgan fingerprint density at radius 2 is 1.92 bits per heavy atom. The third kappa shape index (κ3) is 3.48. The van der Waals surface area contributed by atoms with Crippen LogP contribution in [0.15, 0.2) is 35.7 Å². The van der Waals surface area contributed by atoms with E-state index in [1.165, 1.54) is 10.4 Å². The standard InChI is InChI=1S/C20H24ClN3OS/c1-15-16-7-13-26-19(16)6-8-24(15)14-20(25)23-11-9-22(10-12-23)18-5-3-2-4-17(18)21/h2-5,7,13,15H,6,8-12,14H2,1H3/t15-/m0/s1. The van der Waals surface area contributed by atoms with Crippen molar-refractivity contribution in [1.82, 2.24) is 9.80 Å². The lowest BCUT2D eigenvalue weighted by Gasteiger charge is -2.39. The van der Waals surface area contributed by atoms with Gasteiger partial charge in [0.05, 0.1) is 17.3 Å². The summed E-state index contributed by atoms with van der Waals surface area (Å²) >= 11 is 8.14. The summed E-state index contributed by atoms with van der Waals surface area (Å²) in [5.74, 6) is 0.245. The highest BCUT2D eigenvalue weighted by molar-refractivity contribution is 7.10. The maximum Gasteiger partial charge on any atom is 0.236 e. The molecule has 1 amide bonds. The molecule has 0 radical (unpaired) electrons. The van der Waals surface area contributed by atoms with E-state index in [-0.39, 0.29) is 5.91 Å². The molecule has 0 saturated carbocycles. The highest BCUT2D eigenvalue weighted by Crippen LogP contribution is 2.32. The van der Waals surface area contributed by atoms with E-state index < -0.39 is 0 Å². The average molecular weight is 390 g/mol. The zero-order valence-corrected chi connectivity index (χ0v) is 16.6. The molecule has 1 atom stereocenters. The lowest BCUT2D eigenvalue weighted by molar-refractivity contribution is -0.133. The lowest BCUT2D eigenvalue weighted by Crippen LogP contribution is -2.52. The summed E-state index contributed by atoms with van der Waals surface area (Å²) in [5.41, 5.74) is 2.47. The minimum absolute atomic E-state index is 0.245. The molecule has 2 aliphatic heterocycles. The molecule has 1 saturated heterocycles. The van der Waals surface area contributed by atoms with E-state index in [9.17, 15) is 4.79 Å². The van der Waals surface area contributed by atoms with Gasteiger partial charge in [-0.1, -0.05) is 23.7 Å². The van der Waals surface area contributed by atoms with Crippen molar-refractivity contribution in [2.45, 2.75) is 19.4 Å². The second kappa shape index (κ2) is 7.59.